The molecular formula is C10H17N5O2S. The molecule has 0 aliphatic heterocycles. The van der Waals surface area contributed by atoms with Gasteiger partial charge < -0.3 is 10.1 Å². The number of tetrazole rings is 1. The van der Waals surface area contributed by atoms with E-state index in [2.05, 4.69) is 27.4 Å². The highest BCUT2D eigenvalue weighted by Gasteiger charge is 2.11. The predicted octanol–water partition coefficient (Wildman–Crippen LogP) is 0.102. The molecule has 18 heavy (non-hydrogen) atoms. The summed E-state index contributed by atoms with van der Waals surface area (Å²) in [5, 5.41) is 14.6. The lowest BCUT2D eigenvalue weighted by molar-refractivity contribution is -0.119. The summed E-state index contributed by atoms with van der Waals surface area (Å²) >= 11 is 1.29. The molecule has 0 saturated carbocycles. The summed E-state index contributed by atoms with van der Waals surface area (Å²) in [5.41, 5.74) is 0. The lowest BCUT2D eigenvalue weighted by Crippen LogP contribution is -2.36. The summed E-state index contributed by atoms with van der Waals surface area (Å²) in [6.45, 7) is 6.51. The number of methoxy groups -OCH3 is 1. The third-order valence-corrected chi connectivity index (χ3v) is 2.91. The van der Waals surface area contributed by atoms with E-state index >= 15 is 0 Å². The predicted molar refractivity (Wildman–Crippen MR) is 68.2 cm³/mol. The molecule has 0 radical (unpaired) electrons. The molecule has 0 spiro atoms. The fraction of sp³-hybridized carbons (Fsp3) is 0.600. The first-order chi connectivity index (χ1) is 8.67. The highest BCUT2D eigenvalue weighted by atomic mass is 32.2. The molecule has 1 aromatic heterocycles. The highest BCUT2D eigenvalue weighted by Crippen LogP contribution is 2.12. The maximum atomic E-state index is 11.6. The van der Waals surface area contributed by atoms with Crippen LogP contribution in [0.15, 0.2) is 17.8 Å². The van der Waals surface area contributed by atoms with Crippen LogP contribution in [0.4, 0.5) is 0 Å². The molecule has 1 rings (SSSR count). The number of nitrogens with zero attached hydrogens (tertiary/aromatic N) is 4. The smallest absolute Gasteiger partial charge is 0.230 e. The van der Waals surface area contributed by atoms with Crippen LogP contribution in [0.5, 0.6) is 0 Å². The minimum absolute atomic E-state index is 0.00716. The van der Waals surface area contributed by atoms with Gasteiger partial charge in [0.1, 0.15) is 0 Å². The molecule has 7 nitrogen and oxygen atoms in total. The summed E-state index contributed by atoms with van der Waals surface area (Å²) < 4.78 is 6.52. The minimum atomic E-state index is -0.0716. The van der Waals surface area contributed by atoms with Crippen molar-refractivity contribution in [3.63, 3.8) is 0 Å². The van der Waals surface area contributed by atoms with Crippen molar-refractivity contribution < 1.29 is 9.53 Å². The quantitative estimate of drug-likeness (QED) is 0.533. The Morgan fingerprint density at radius 3 is 3.17 bits per heavy atom. The first-order valence-electron chi connectivity index (χ1n) is 5.45. The van der Waals surface area contributed by atoms with E-state index in [0.29, 0.717) is 18.3 Å². The van der Waals surface area contributed by atoms with Gasteiger partial charge in [0.05, 0.1) is 18.9 Å². The van der Waals surface area contributed by atoms with Crippen LogP contribution in [0, 0.1) is 0 Å². The molecule has 1 heterocycles. The van der Waals surface area contributed by atoms with Crippen LogP contribution in [0.3, 0.4) is 0 Å². The Labute approximate surface area is 110 Å². The number of rotatable bonds is 8. The van der Waals surface area contributed by atoms with E-state index in [0.717, 1.165) is 0 Å². The number of hydrogen-bond acceptors (Lipinski definition) is 6. The second kappa shape index (κ2) is 7.83. The molecule has 1 amide bonds. The summed E-state index contributed by atoms with van der Waals surface area (Å²) in [6, 6.07) is -0.00716. The Balaban J connectivity index is 2.37. The highest BCUT2D eigenvalue weighted by molar-refractivity contribution is 7.99. The number of aromatic nitrogens is 4. The lowest BCUT2D eigenvalue weighted by atomic mass is 10.3. The van der Waals surface area contributed by atoms with Crippen LogP contribution >= 0.6 is 11.8 Å². The van der Waals surface area contributed by atoms with Gasteiger partial charge in [0.15, 0.2) is 0 Å². The molecule has 8 heteroatoms. The average Bonchev–Trinajstić information content (AvgIpc) is 2.75. The van der Waals surface area contributed by atoms with Crippen LogP contribution in [0.2, 0.25) is 0 Å². The molecule has 0 aromatic carbocycles. The Kier molecular flexibility index (Phi) is 6.37. The van der Waals surface area contributed by atoms with Gasteiger partial charge in [-0.2, -0.15) is 0 Å². The Hall–Kier alpha value is -1.41. The van der Waals surface area contributed by atoms with Gasteiger partial charge in [-0.25, -0.2) is 4.68 Å². The van der Waals surface area contributed by atoms with E-state index in [9.17, 15) is 4.79 Å². The first kappa shape index (κ1) is 14.7. The normalized spacial score (nSPS) is 12.1. The van der Waals surface area contributed by atoms with E-state index in [4.69, 9.17) is 4.74 Å². The topological polar surface area (TPSA) is 81.9 Å². The van der Waals surface area contributed by atoms with Gasteiger partial charge in [-0.15, -0.1) is 11.7 Å². The summed E-state index contributed by atoms with van der Waals surface area (Å²) in [5.74, 6) is 0.198. The van der Waals surface area contributed by atoms with Crippen LogP contribution in [0.25, 0.3) is 0 Å². The summed E-state index contributed by atoms with van der Waals surface area (Å²) in [7, 11) is 1.60. The van der Waals surface area contributed by atoms with E-state index in [1.165, 1.54) is 11.8 Å². The zero-order valence-corrected chi connectivity index (χ0v) is 11.3. The number of ether oxygens (including phenoxy) is 1. The molecule has 100 valence electrons. The molecule has 0 fully saturated rings. The number of carbonyl (C=O) groups is 1. The van der Waals surface area contributed by atoms with E-state index in [-0.39, 0.29) is 17.7 Å². The maximum absolute atomic E-state index is 11.6. The van der Waals surface area contributed by atoms with Crippen LogP contribution in [-0.4, -0.2) is 51.6 Å². The number of allylic oxidation sites excluding steroid dienone is 1. The van der Waals surface area contributed by atoms with Crippen LogP contribution in [0.1, 0.15) is 6.92 Å². The lowest BCUT2D eigenvalue weighted by Gasteiger charge is -2.12. The summed E-state index contributed by atoms with van der Waals surface area (Å²) in [6.07, 6.45) is 1.70. The third kappa shape index (κ3) is 4.84. The van der Waals surface area contributed by atoms with E-state index in [1.807, 2.05) is 6.92 Å². The third-order valence-electron chi connectivity index (χ3n) is 1.96. The van der Waals surface area contributed by atoms with Crippen molar-refractivity contribution in [1.29, 1.82) is 0 Å². The molecule has 1 N–H and O–H groups in total. The number of hydrogen-bond donors (Lipinski definition) is 1. The number of thioether (sulfide) groups is 1. The molecule has 1 atom stereocenters. The second-order valence-electron chi connectivity index (χ2n) is 3.64. The molecule has 1 unspecified atom stereocenters. The molecule has 0 saturated heterocycles. The zero-order chi connectivity index (χ0) is 13.4. The fourth-order valence-electron chi connectivity index (χ4n) is 1.27. The van der Waals surface area contributed by atoms with Crippen molar-refractivity contribution in [3.05, 3.63) is 12.7 Å². The van der Waals surface area contributed by atoms with Crippen molar-refractivity contribution in [1.82, 2.24) is 25.5 Å². The largest absolute Gasteiger partial charge is 0.383 e. The number of carbonyl (C=O) groups excluding carboxylic acids is 1. The SMILES string of the molecule is C=CCn1nnnc1SCC(=O)NC(C)COC. The van der Waals surface area contributed by atoms with E-state index < -0.39 is 0 Å². The fourth-order valence-corrected chi connectivity index (χ4v) is 1.97. The monoisotopic (exact) mass is 271 g/mol. The van der Waals surface area contributed by atoms with E-state index in [1.54, 1.807) is 17.9 Å². The van der Waals surface area contributed by atoms with Crippen LogP contribution in [-0.2, 0) is 16.1 Å². The molecule has 0 bridgehead atoms. The Morgan fingerprint density at radius 2 is 2.50 bits per heavy atom. The van der Waals surface area contributed by atoms with Crippen molar-refractivity contribution in [2.45, 2.75) is 24.7 Å². The van der Waals surface area contributed by atoms with Crippen molar-refractivity contribution in [3.8, 4) is 0 Å². The van der Waals surface area contributed by atoms with Crippen LogP contribution < -0.4 is 5.32 Å². The van der Waals surface area contributed by atoms with Crippen molar-refractivity contribution in [2.75, 3.05) is 19.5 Å². The molecule has 1 aromatic rings. The number of nitrogens with one attached hydrogen (secondary N) is 1. The zero-order valence-electron chi connectivity index (χ0n) is 10.5. The average molecular weight is 271 g/mol. The standard InChI is InChI=1S/C10H17N5O2S/c1-4-5-15-10(12-13-14-15)18-7-9(16)11-8(2)6-17-3/h4,8H,1,5-7H2,2-3H3,(H,11,16). The van der Waals surface area contributed by atoms with Gasteiger partial charge in [0.25, 0.3) is 0 Å². The molecular weight excluding hydrogens is 254 g/mol. The van der Waals surface area contributed by atoms with Crippen molar-refractivity contribution in [2.24, 2.45) is 0 Å². The van der Waals surface area contributed by atoms with Gasteiger partial charge in [0, 0.05) is 13.2 Å². The Bertz CT molecular complexity index is 395. The van der Waals surface area contributed by atoms with Gasteiger partial charge in [-0.1, -0.05) is 17.8 Å². The Morgan fingerprint density at radius 1 is 1.72 bits per heavy atom. The second-order valence-corrected chi connectivity index (χ2v) is 4.59. The summed E-state index contributed by atoms with van der Waals surface area (Å²) in [4.78, 5) is 11.6. The van der Waals surface area contributed by atoms with Gasteiger partial charge in [-0.3, -0.25) is 4.79 Å². The minimum Gasteiger partial charge on any atom is -0.383 e. The van der Waals surface area contributed by atoms with Gasteiger partial charge >= 0.3 is 0 Å². The van der Waals surface area contributed by atoms with Gasteiger partial charge in [0.2, 0.25) is 11.1 Å². The first-order valence-corrected chi connectivity index (χ1v) is 6.44. The molecule has 0 aliphatic rings. The molecule has 0 aliphatic carbocycles. The van der Waals surface area contributed by atoms with Gasteiger partial charge in [-0.05, 0) is 17.4 Å². The number of amides is 1. The van der Waals surface area contributed by atoms with Crippen molar-refractivity contribution >= 4 is 17.7 Å². The maximum Gasteiger partial charge on any atom is 0.230 e.